The molecule has 1 heterocycles. The molecule has 4 nitrogen and oxygen atoms in total. The summed E-state index contributed by atoms with van der Waals surface area (Å²) in [4.78, 5) is 14.3. The van der Waals surface area contributed by atoms with E-state index in [4.69, 9.17) is 5.26 Å². The number of carbonyl (C=O) groups is 1. The number of benzene rings is 1. The van der Waals surface area contributed by atoms with Crippen molar-refractivity contribution in [3.05, 3.63) is 28.2 Å². The molecule has 2 atom stereocenters. The second kappa shape index (κ2) is 6.27. The van der Waals surface area contributed by atoms with E-state index in [1.54, 1.807) is 0 Å². The molecule has 0 bridgehead atoms. The minimum atomic E-state index is -0.434. The molecule has 1 saturated heterocycles. The van der Waals surface area contributed by atoms with Gasteiger partial charge in [0.25, 0.3) is 0 Å². The number of nitrogens with one attached hydrogen (secondary N) is 1. The molecule has 1 aliphatic heterocycles. The topological polar surface area (TPSA) is 56.1 Å². The van der Waals surface area contributed by atoms with Crippen LogP contribution in [0.2, 0.25) is 0 Å². The Labute approximate surface area is 127 Å². The molecule has 106 valence electrons. The van der Waals surface area contributed by atoms with Gasteiger partial charge in [0.15, 0.2) is 0 Å². The quantitative estimate of drug-likeness (QED) is 0.904. The van der Waals surface area contributed by atoms with Gasteiger partial charge >= 0.3 is 0 Å². The van der Waals surface area contributed by atoms with Gasteiger partial charge in [0.2, 0.25) is 5.91 Å². The summed E-state index contributed by atoms with van der Waals surface area (Å²) in [5, 5.41) is 11.9. The molecule has 1 aromatic carbocycles. The average Bonchev–Trinajstić information content (AvgIpc) is 2.52. The maximum atomic E-state index is 12.2. The molecule has 0 aliphatic carbocycles. The summed E-state index contributed by atoms with van der Waals surface area (Å²) in [5.41, 5.74) is 2.13. The Balaban J connectivity index is 2.46. The third kappa shape index (κ3) is 2.96. The number of nitrogens with zero attached hydrogens (tertiary/aromatic N) is 2. The van der Waals surface area contributed by atoms with Gasteiger partial charge in [-0.05, 0) is 53.9 Å². The summed E-state index contributed by atoms with van der Waals surface area (Å²) in [6.45, 7) is 4.78. The average molecular weight is 336 g/mol. The smallest absolute Gasteiger partial charge is 0.243 e. The van der Waals surface area contributed by atoms with Gasteiger partial charge in [-0.25, -0.2) is 0 Å². The van der Waals surface area contributed by atoms with Crippen LogP contribution in [-0.4, -0.2) is 24.5 Å². The normalized spacial score (nSPS) is 22.9. The summed E-state index contributed by atoms with van der Waals surface area (Å²) in [7, 11) is 0. The Morgan fingerprint density at radius 2 is 2.30 bits per heavy atom. The minimum absolute atomic E-state index is 0.0663. The molecule has 1 amide bonds. The lowest BCUT2D eigenvalue weighted by Gasteiger charge is -2.35. The second-order valence-corrected chi connectivity index (χ2v) is 6.02. The highest BCUT2D eigenvalue weighted by Gasteiger charge is 2.33. The van der Waals surface area contributed by atoms with Crippen LogP contribution in [0, 0.1) is 18.3 Å². The van der Waals surface area contributed by atoms with Gasteiger partial charge in [0, 0.05) is 17.1 Å². The molecule has 0 spiro atoms. The minimum Gasteiger partial charge on any atom is -0.355 e. The van der Waals surface area contributed by atoms with Crippen molar-refractivity contribution in [1.82, 2.24) is 5.32 Å². The van der Waals surface area contributed by atoms with E-state index in [0.29, 0.717) is 6.54 Å². The first kappa shape index (κ1) is 14.9. The van der Waals surface area contributed by atoms with Crippen LogP contribution in [0.3, 0.4) is 0 Å². The van der Waals surface area contributed by atoms with Gasteiger partial charge in [-0.15, -0.1) is 0 Å². The summed E-state index contributed by atoms with van der Waals surface area (Å²) in [6.07, 6.45) is 1.06. The lowest BCUT2D eigenvalue weighted by Crippen LogP contribution is -2.47. The molecule has 5 heteroatoms. The summed E-state index contributed by atoms with van der Waals surface area (Å²) >= 11 is 3.58. The number of carbonyl (C=O) groups excluding carboxylic acids is 1. The molecule has 1 aromatic rings. The number of amides is 1. The van der Waals surface area contributed by atoms with E-state index < -0.39 is 6.04 Å². The summed E-state index contributed by atoms with van der Waals surface area (Å²) in [5.74, 6) is -0.0663. The van der Waals surface area contributed by atoms with Gasteiger partial charge in [-0.2, -0.15) is 5.26 Å². The largest absolute Gasteiger partial charge is 0.355 e. The lowest BCUT2D eigenvalue weighted by molar-refractivity contribution is -0.122. The first-order chi connectivity index (χ1) is 9.54. The maximum absolute atomic E-state index is 12.2. The molecule has 2 unspecified atom stereocenters. The van der Waals surface area contributed by atoms with Crippen molar-refractivity contribution in [3.63, 3.8) is 0 Å². The van der Waals surface area contributed by atoms with Gasteiger partial charge in [0.1, 0.15) is 6.04 Å². The number of hydrogen-bond donors (Lipinski definition) is 1. The van der Waals surface area contributed by atoms with Crippen LogP contribution < -0.4 is 10.2 Å². The molecule has 20 heavy (non-hydrogen) atoms. The van der Waals surface area contributed by atoms with Crippen molar-refractivity contribution in [2.24, 2.45) is 0 Å². The fourth-order valence-corrected chi connectivity index (χ4v) is 3.30. The summed E-state index contributed by atoms with van der Waals surface area (Å²) in [6, 6.07) is 7.97. The molecule has 1 fully saturated rings. The number of halogens is 1. The van der Waals surface area contributed by atoms with Crippen LogP contribution in [0.25, 0.3) is 0 Å². The zero-order valence-corrected chi connectivity index (χ0v) is 13.3. The third-order valence-corrected chi connectivity index (χ3v) is 4.28. The van der Waals surface area contributed by atoms with Crippen molar-refractivity contribution in [3.8, 4) is 6.07 Å². The van der Waals surface area contributed by atoms with Crippen molar-refractivity contribution >= 4 is 27.5 Å². The fourth-order valence-electron chi connectivity index (χ4n) is 2.60. The van der Waals surface area contributed by atoms with Gasteiger partial charge in [0.05, 0.1) is 18.2 Å². The molecule has 1 N–H and O–H groups in total. The number of aryl methyl sites for hydroxylation is 1. The summed E-state index contributed by atoms with van der Waals surface area (Å²) < 4.78 is 0.960. The molecule has 0 saturated carbocycles. The van der Waals surface area contributed by atoms with E-state index in [-0.39, 0.29) is 18.4 Å². The molecule has 0 aromatic heterocycles. The molecule has 2 rings (SSSR count). The van der Waals surface area contributed by atoms with Gasteiger partial charge in [-0.3, -0.25) is 4.79 Å². The van der Waals surface area contributed by atoms with Crippen molar-refractivity contribution in [2.75, 3.05) is 11.4 Å². The Morgan fingerprint density at radius 1 is 1.55 bits per heavy atom. The second-order valence-electron chi connectivity index (χ2n) is 5.17. The SMILES string of the molecule is Cc1ccc(N2C(C)CCNC(=O)C2CC#N)c(Br)c1. The zero-order valence-electron chi connectivity index (χ0n) is 11.7. The first-order valence-electron chi connectivity index (χ1n) is 6.73. The Bertz CT molecular complexity index is 553. The van der Waals surface area contributed by atoms with E-state index in [1.165, 1.54) is 0 Å². The van der Waals surface area contributed by atoms with E-state index >= 15 is 0 Å². The van der Waals surface area contributed by atoms with Gasteiger partial charge < -0.3 is 10.2 Å². The Morgan fingerprint density at radius 3 is 2.95 bits per heavy atom. The third-order valence-electron chi connectivity index (χ3n) is 3.64. The molecule has 0 radical (unpaired) electrons. The molecular formula is C15H18BrN3O. The van der Waals surface area contributed by atoms with E-state index in [0.717, 1.165) is 22.1 Å². The highest BCUT2D eigenvalue weighted by atomic mass is 79.9. The predicted octanol–water partition coefficient (Wildman–Crippen LogP) is 2.75. The Kier molecular flexibility index (Phi) is 4.66. The highest BCUT2D eigenvalue weighted by Crippen LogP contribution is 2.32. The Hall–Kier alpha value is -1.54. The number of rotatable bonds is 2. The zero-order chi connectivity index (χ0) is 14.7. The maximum Gasteiger partial charge on any atom is 0.243 e. The standard InChI is InChI=1S/C15H18BrN3O/c1-10-3-4-13(12(16)9-10)19-11(2)6-8-18-15(20)14(19)5-7-17/h3-4,9,11,14H,5-6,8H2,1-2H3,(H,18,20). The number of hydrogen-bond acceptors (Lipinski definition) is 3. The fraction of sp³-hybridized carbons (Fsp3) is 0.467. The monoisotopic (exact) mass is 335 g/mol. The van der Waals surface area contributed by atoms with E-state index in [1.807, 2.05) is 25.1 Å². The van der Waals surface area contributed by atoms with Crippen LogP contribution in [0.1, 0.15) is 25.3 Å². The predicted molar refractivity (Wildman–Crippen MR) is 82.5 cm³/mol. The van der Waals surface area contributed by atoms with Crippen LogP contribution in [-0.2, 0) is 4.79 Å². The van der Waals surface area contributed by atoms with Crippen molar-refractivity contribution < 1.29 is 4.79 Å². The molecular weight excluding hydrogens is 318 g/mol. The lowest BCUT2D eigenvalue weighted by atomic mass is 10.1. The number of anilines is 1. The van der Waals surface area contributed by atoms with Crippen molar-refractivity contribution in [1.29, 1.82) is 5.26 Å². The van der Waals surface area contributed by atoms with Crippen LogP contribution in [0.4, 0.5) is 5.69 Å². The van der Waals surface area contributed by atoms with Crippen molar-refractivity contribution in [2.45, 2.75) is 38.8 Å². The van der Waals surface area contributed by atoms with E-state index in [2.05, 4.69) is 39.1 Å². The van der Waals surface area contributed by atoms with Crippen LogP contribution in [0.5, 0.6) is 0 Å². The van der Waals surface area contributed by atoms with Gasteiger partial charge in [-0.1, -0.05) is 6.07 Å². The van der Waals surface area contributed by atoms with Crippen LogP contribution in [0.15, 0.2) is 22.7 Å². The molecule has 1 aliphatic rings. The van der Waals surface area contributed by atoms with E-state index in [9.17, 15) is 4.79 Å². The highest BCUT2D eigenvalue weighted by molar-refractivity contribution is 9.10. The number of nitriles is 1. The first-order valence-corrected chi connectivity index (χ1v) is 7.53. The van der Waals surface area contributed by atoms with Crippen LogP contribution >= 0.6 is 15.9 Å².